The van der Waals surface area contributed by atoms with E-state index in [1.54, 1.807) is 12.1 Å². The van der Waals surface area contributed by atoms with E-state index in [2.05, 4.69) is 47.8 Å². The largest absolute Gasteiger partial charge is 0.388 e. The maximum Gasteiger partial charge on any atom is 0.137 e. The van der Waals surface area contributed by atoms with Crippen LogP contribution < -0.4 is 0 Å². The highest BCUT2D eigenvalue weighted by atomic mass is 79.9. The average Bonchev–Trinajstić information content (AvgIpc) is 2.38. The molecule has 19 heavy (non-hydrogen) atoms. The lowest BCUT2D eigenvalue weighted by atomic mass is 10.0. The molecule has 0 bridgehead atoms. The van der Waals surface area contributed by atoms with Crippen molar-refractivity contribution in [2.75, 3.05) is 0 Å². The summed E-state index contributed by atoms with van der Waals surface area (Å²) < 4.78 is 15.6. The van der Waals surface area contributed by atoms with E-state index in [0.717, 1.165) is 20.1 Å². The van der Waals surface area contributed by atoms with Gasteiger partial charge in [0.15, 0.2) is 0 Å². The van der Waals surface area contributed by atoms with Crippen molar-refractivity contribution in [3.63, 3.8) is 0 Å². The van der Waals surface area contributed by atoms with Gasteiger partial charge in [0, 0.05) is 15.4 Å². The Balaban J connectivity index is 2.28. The summed E-state index contributed by atoms with van der Waals surface area (Å²) in [7, 11) is 0. The smallest absolute Gasteiger partial charge is 0.137 e. The van der Waals surface area contributed by atoms with E-state index >= 15 is 0 Å². The summed E-state index contributed by atoms with van der Waals surface area (Å²) in [6.07, 6.45) is -0.363. The van der Waals surface area contributed by atoms with Gasteiger partial charge in [-0.3, -0.25) is 0 Å². The van der Waals surface area contributed by atoms with Gasteiger partial charge in [-0.1, -0.05) is 44.0 Å². The van der Waals surface area contributed by atoms with Crippen molar-refractivity contribution in [3.8, 4) is 0 Å². The summed E-state index contributed by atoms with van der Waals surface area (Å²) in [6.45, 7) is 0. The van der Waals surface area contributed by atoms with Crippen LogP contribution in [0.2, 0.25) is 0 Å². The fourth-order valence-electron chi connectivity index (χ4n) is 1.79. The summed E-state index contributed by atoms with van der Waals surface area (Å²) in [4.78, 5) is 0. The molecule has 2 aromatic rings. The van der Waals surface area contributed by atoms with Crippen molar-refractivity contribution >= 4 is 47.8 Å². The quantitative estimate of drug-likeness (QED) is 0.662. The molecule has 0 aliphatic carbocycles. The Hall–Kier alpha value is -0.230. The Morgan fingerprint density at radius 1 is 1.11 bits per heavy atom. The van der Waals surface area contributed by atoms with Crippen molar-refractivity contribution in [3.05, 3.63) is 66.8 Å². The molecule has 0 aliphatic rings. The van der Waals surface area contributed by atoms with Gasteiger partial charge in [-0.15, -0.1) is 0 Å². The molecule has 0 aliphatic heterocycles. The third kappa shape index (κ3) is 3.66. The minimum absolute atomic E-state index is 0.321. The van der Waals surface area contributed by atoms with E-state index in [-0.39, 0.29) is 5.82 Å². The molecule has 0 fully saturated rings. The SMILES string of the molecule is OC(Cc1cccc(F)c1Br)c1cc(Br)ccc1Br. The van der Waals surface area contributed by atoms with Crippen LogP contribution in [0.25, 0.3) is 0 Å². The predicted octanol–water partition coefficient (Wildman–Crippen LogP) is 5.39. The van der Waals surface area contributed by atoms with E-state index in [0.29, 0.717) is 10.9 Å². The van der Waals surface area contributed by atoms with Gasteiger partial charge in [0.25, 0.3) is 0 Å². The molecule has 0 aromatic heterocycles. The molecule has 0 saturated heterocycles. The van der Waals surface area contributed by atoms with E-state index in [4.69, 9.17) is 0 Å². The lowest BCUT2D eigenvalue weighted by molar-refractivity contribution is 0.177. The van der Waals surface area contributed by atoms with Gasteiger partial charge in [-0.05, 0) is 51.3 Å². The molecule has 1 unspecified atom stereocenters. The summed E-state index contributed by atoms with van der Waals surface area (Å²) >= 11 is 9.99. The lowest BCUT2D eigenvalue weighted by Gasteiger charge is -2.14. The van der Waals surface area contributed by atoms with E-state index in [1.165, 1.54) is 6.07 Å². The van der Waals surface area contributed by atoms with Crippen molar-refractivity contribution in [1.29, 1.82) is 0 Å². The van der Waals surface area contributed by atoms with Gasteiger partial charge < -0.3 is 5.11 Å². The summed E-state index contributed by atoms with van der Waals surface area (Å²) in [5, 5.41) is 10.3. The Morgan fingerprint density at radius 2 is 1.84 bits per heavy atom. The van der Waals surface area contributed by atoms with Gasteiger partial charge in [0.05, 0.1) is 10.6 Å². The fourth-order valence-corrected chi connectivity index (χ4v) is 3.11. The zero-order chi connectivity index (χ0) is 14.0. The van der Waals surface area contributed by atoms with Crippen LogP contribution in [0.3, 0.4) is 0 Å². The average molecular weight is 453 g/mol. The first-order valence-electron chi connectivity index (χ1n) is 5.55. The van der Waals surface area contributed by atoms with Crippen LogP contribution in [0.5, 0.6) is 0 Å². The van der Waals surface area contributed by atoms with Gasteiger partial charge in [0.2, 0.25) is 0 Å². The summed E-state index contributed by atoms with van der Waals surface area (Å²) in [5.74, 6) is -0.321. The van der Waals surface area contributed by atoms with Crippen LogP contribution in [-0.4, -0.2) is 5.11 Å². The Morgan fingerprint density at radius 3 is 2.58 bits per heavy atom. The molecule has 2 aromatic carbocycles. The van der Waals surface area contributed by atoms with Crippen LogP contribution in [0.1, 0.15) is 17.2 Å². The zero-order valence-electron chi connectivity index (χ0n) is 9.71. The molecule has 1 nitrogen and oxygen atoms in total. The molecule has 0 radical (unpaired) electrons. The summed E-state index contributed by atoms with van der Waals surface area (Å²) in [6, 6.07) is 10.4. The highest BCUT2D eigenvalue weighted by Crippen LogP contribution is 2.31. The third-order valence-corrected chi connectivity index (χ3v) is 4.87. The van der Waals surface area contributed by atoms with Crippen LogP contribution in [-0.2, 0) is 6.42 Å². The van der Waals surface area contributed by atoms with Crippen LogP contribution in [0, 0.1) is 5.82 Å². The van der Waals surface area contributed by atoms with Gasteiger partial charge in [-0.2, -0.15) is 0 Å². The Labute approximate surface area is 136 Å². The zero-order valence-corrected chi connectivity index (χ0v) is 14.5. The van der Waals surface area contributed by atoms with Gasteiger partial charge in [0.1, 0.15) is 5.82 Å². The first-order chi connectivity index (χ1) is 8.99. The van der Waals surface area contributed by atoms with E-state index in [9.17, 15) is 9.50 Å². The molecular formula is C14H10Br3FO. The number of hydrogen-bond donors (Lipinski definition) is 1. The summed E-state index contributed by atoms with van der Waals surface area (Å²) in [5.41, 5.74) is 1.50. The highest BCUT2D eigenvalue weighted by Gasteiger charge is 2.15. The molecule has 1 N–H and O–H groups in total. The molecule has 1 atom stereocenters. The lowest BCUT2D eigenvalue weighted by Crippen LogP contribution is -2.04. The van der Waals surface area contributed by atoms with Crippen LogP contribution >= 0.6 is 47.8 Å². The van der Waals surface area contributed by atoms with Crippen molar-refractivity contribution < 1.29 is 9.50 Å². The topological polar surface area (TPSA) is 20.2 Å². The van der Waals surface area contributed by atoms with E-state index < -0.39 is 6.10 Å². The number of rotatable bonds is 3. The second-order valence-electron chi connectivity index (χ2n) is 4.10. The molecule has 0 saturated carbocycles. The van der Waals surface area contributed by atoms with Crippen molar-refractivity contribution in [1.82, 2.24) is 0 Å². The van der Waals surface area contributed by atoms with E-state index in [1.807, 2.05) is 18.2 Å². The number of aliphatic hydroxyl groups is 1. The van der Waals surface area contributed by atoms with Gasteiger partial charge >= 0.3 is 0 Å². The molecule has 2 rings (SSSR count). The highest BCUT2D eigenvalue weighted by molar-refractivity contribution is 9.11. The normalized spacial score (nSPS) is 12.5. The minimum atomic E-state index is -0.704. The predicted molar refractivity (Wildman–Crippen MR) is 84.6 cm³/mol. The number of aliphatic hydroxyl groups excluding tert-OH is 1. The first kappa shape index (κ1) is 15.2. The Bertz CT molecular complexity index is 601. The second kappa shape index (κ2) is 6.48. The maximum atomic E-state index is 13.4. The number of halogens is 4. The van der Waals surface area contributed by atoms with Crippen LogP contribution in [0.4, 0.5) is 4.39 Å². The maximum absolute atomic E-state index is 13.4. The molecule has 0 amide bonds. The first-order valence-corrected chi connectivity index (χ1v) is 7.93. The number of hydrogen-bond acceptors (Lipinski definition) is 1. The Kier molecular flexibility index (Phi) is 5.17. The molecule has 100 valence electrons. The van der Waals surface area contributed by atoms with Crippen molar-refractivity contribution in [2.24, 2.45) is 0 Å². The fraction of sp³-hybridized carbons (Fsp3) is 0.143. The van der Waals surface area contributed by atoms with Crippen molar-refractivity contribution in [2.45, 2.75) is 12.5 Å². The standard InChI is InChI=1S/C14H10Br3FO/c15-9-4-5-11(16)10(7-9)13(19)6-8-2-1-3-12(18)14(8)17/h1-5,7,13,19H,6H2. The minimum Gasteiger partial charge on any atom is -0.388 e. The second-order valence-corrected chi connectivity index (χ2v) is 6.66. The van der Waals surface area contributed by atoms with Crippen LogP contribution in [0.15, 0.2) is 49.8 Å². The van der Waals surface area contributed by atoms with Gasteiger partial charge in [-0.25, -0.2) is 4.39 Å². The molecule has 0 heterocycles. The molecule has 5 heteroatoms. The molecular weight excluding hydrogens is 443 g/mol. The molecule has 0 spiro atoms. The third-order valence-electron chi connectivity index (χ3n) is 2.76. The number of benzene rings is 2. The monoisotopic (exact) mass is 450 g/mol.